The number of benzene rings is 1. The fourth-order valence-electron chi connectivity index (χ4n) is 2.00. The normalized spacial score (nSPS) is 10.6. The van der Waals surface area contributed by atoms with E-state index in [0.29, 0.717) is 13.2 Å². The molecule has 1 aromatic carbocycles. The Hall–Kier alpha value is -2.18. The van der Waals surface area contributed by atoms with Gasteiger partial charge in [-0.15, -0.1) is 0 Å². The third kappa shape index (κ3) is 7.82. The largest absolute Gasteiger partial charge is 0.469 e. The zero-order valence-corrected chi connectivity index (χ0v) is 16.1. The molecule has 28 heavy (non-hydrogen) atoms. The Bertz CT molecular complexity index is 600. The van der Waals surface area contributed by atoms with E-state index in [4.69, 9.17) is 28.4 Å². The number of methoxy groups -OCH3 is 3. The number of halogens is 1. The third-order valence-electron chi connectivity index (χ3n) is 3.39. The Balaban J connectivity index is 3.00. The summed E-state index contributed by atoms with van der Waals surface area (Å²) in [6.45, 7) is 0.690. The Morgan fingerprint density at radius 2 is 1.64 bits per heavy atom. The predicted molar refractivity (Wildman–Crippen MR) is 94.2 cm³/mol. The highest BCUT2D eigenvalue weighted by Gasteiger charge is 2.22. The molecule has 0 bridgehead atoms. The molecule has 0 atom stereocenters. The molecule has 0 saturated heterocycles. The fourth-order valence-corrected chi connectivity index (χ4v) is 2.00. The van der Waals surface area contributed by atoms with Crippen LogP contribution < -0.4 is 15.0 Å². The van der Waals surface area contributed by atoms with Crippen LogP contribution in [0.3, 0.4) is 0 Å². The lowest BCUT2D eigenvalue weighted by atomic mass is 10.1. The first-order valence-electron chi connectivity index (χ1n) is 8.30. The van der Waals surface area contributed by atoms with Crippen LogP contribution in [0.4, 0.5) is 10.1 Å². The van der Waals surface area contributed by atoms with E-state index < -0.39 is 11.8 Å². The van der Waals surface area contributed by atoms with Crippen molar-refractivity contribution in [3.05, 3.63) is 17.4 Å². The summed E-state index contributed by atoms with van der Waals surface area (Å²) >= 11 is 0. The molecule has 0 heterocycles. The molecule has 0 unspecified atom stereocenters. The van der Waals surface area contributed by atoms with Gasteiger partial charge in [-0.1, -0.05) is 0 Å². The molecule has 0 saturated carbocycles. The number of ether oxygens (including phenoxy) is 7. The van der Waals surface area contributed by atoms with Crippen molar-refractivity contribution in [2.45, 2.75) is 6.42 Å². The van der Waals surface area contributed by atoms with Crippen molar-refractivity contribution in [3.63, 3.8) is 0 Å². The van der Waals surface area contributed by atoms with E-state index in [1.165, 1.54) is 27.4 Å². The van der Waals surface area contributed by atoms with Gasteiger partial charge < -0.3 is 33.2 Å². The standard InChI is InChI=1S/C17H26FNO9/c1-22-4-6-25-10-27-13-8-12(9-14(20)24-3)16(19-21)15(18)17(13)28-11-26-7-5-23-2/h8,19,21H,4-7,9-11H2,1-3H3. The van der Waals surface area contributed by atoms with Crippen LogP contribution in [0, 0.1) is 5.82 Å². The van der Waals surface area contributed by atoms with E-state index in [1.54, 1.807) is 5.48 Å². The van der Waals surface area contributed by atoms with Crippen molar-refractivity contribution in [3.8, 4) is 11.5 Å². The monoisotopic (exact) mass is 407 g/mol. The minimum Gasteiger partial charge on any atom is -0.469 e. The lowest BCUT2D eigenvalue weighted by Gasteiger charge is -2.18. The van der Waals surface area contributed by atoms with Gasteiger partial charge in [-0.3, -0.25) is 15.5 Å². The molecule has 0 spiro atoms. The number of rotatable bonds is 15. The number of carbonyl (C=O) groups excluding carboxylic acids is 1. The highest BCUT2D eigenvalue weighted by molar-refractivity contribution is 5.76. The van der Waals surface area contributed by atoms with Gasteiger partial charge in [0.05, 0.1) is 40.0 Å². The van der Waals surface area contributed by atoms with E-state index in [-0.39, 0.29) is 56.0 Å². The second kappa shape index (κ2) is 13.9. The Morgan fingerprint density at radius 3 is 2.18 bits per heavy atom. The first kappa shape index (κ1) is 23.9. The van der Waals surface area contributed by atoms with Gasteiger partial charge in [0.15, 0.2) is 25.2 Å². The topological polar surface area (TPSA) is 114 Å². The summed E-state index contributed by atoms with van der Waals surface area (Å²) in [6, 6.07) is 1.34. The number of esters is 1. The minimum absolute atomic E-state index is 0.0387. The van der Waals surface area contributed by atoms with Crippen LogP contribution in [0.25, 0.3) is 0 Å². The van der Waals surface area contributed by atoms with E-state index in [0.717, 1.165) is 0 Å². The zero-order valence-electron chi connectivity index (χ0n) is 16.1. The predicted octanol–water partition coefficient (Wildman–Crippen LogP) is 1.34. The van der Waals surface area contributed by atoms with Crippen LogP contribution in [0.15, 0.2) is 6.07 Å². The zero-order chi connectivity index (χ0) is 20.8. The van der Waals surface area contributed by atoms with Gasteiger partial charge in [0.1, 0.15) is 5.69 Å². The summed E-state index contributed by atoms with van der Waals surface area (Å²) < 4.78 is 50.2. The second-order valence-corrected chi connectivity index (χ2v) is 5.24. The van der Waals surface area contributed by atoms with Gasteiger partial charge in [-0.05, 0) is 11.6 Å². The molecule has 0 aliphatic heterocycles. The van der Waals surface area contributed by atoms with Crippen molar-refractivity contribution in [2.24, 2.45) is 0 Å². The number of anilines is 1. The van der Waals surface area contributed by atoms with Crippen LogP contribution in [0.5, 0.6) is 11.5 Å². The van der Waals surface area contributed by atoms with Gasteiger partial charge >= 0.3 is 5.97 Å². The van der Waals surface area contributed by atoms with Gasteiger partial charge in [0.25, 0.3) is 0 Å². The summed E-state index contributed by atoms with van der Waals surface area (Å²) in [5, 5.41) is 9.29. The number of hydrogen-bond acceptors (Lipinski definition) is 10. The smallest absolute Gasteiger partial charge is 0.310 e. The van der Waals surface area contributed by atoms with Crippen molar-refractivity contribution < 1.29 is 47.6 Å². The molecule has 1 rings (SSSR count). The van der Waals surface area contributed by atoms with Gasteiger partial charge in [-0.2, -0.15) is 0 Å². The molecule has 2 N–H and O–H groups in total. The van der Waals surface area contributed by atoms with Gasteiger partial charge in [-0.25, -0.2) is 4.39 Å². The van der Waals surface area contributed by atoms with Crippen molar-refractivity contribution in [1.29, 1.82) is 0 Å². The number of nitrogens with one attached hydrogen (secondary N) is 1. The van der Waals surface area contributed by atoms with E-state index in [1.807, 2.05) is 0 Å². The van der Waals surface area contributed by atoms with Crippen LogP contribution >= 0.6 is 0 Å². The molecule has 0 aromatic heterocycles. The fraction of sp³-hybridized carbons (Fsp3) is 0.588. The number of carbonyl (C=O) groups is 1. The minimum atomic E-state index is -0.967. The molecule has 160 valence electrons. The van der Waals surface area contributed by atoms with Gasteiger partial charge in [0.2, 0.25) is 5.75 Å². The Kier molecular flexibility index (Phi) is 11.9. The molecule has 11 heteroatoms. The SMILES string of the molecule is COCCOCOc1cc(CC(=O)OC)c(NO)c(F)c1OCOCCOC. The lowest BCUT2D eigenvalue weighted by Crippen LogP contribution is -2.14. The van der Waals surface area contributed by atoms with E-state index >= 15 is 0 Å². The van der Waals surface area contributed by atoms with Crippen molar-refractivity contribution in [2.75, 3.05) is 66.8 Å². The molecule has 0 amide bonds. The number of hydrogen-bond donors (Lipinski definition) is 2. The molecule has 0 aliphatic carbocycles. The molecule has 10 nitrogen and oxygen atoms in total. The van der Waals surface area contributed by atoms with Crippen LogP contribution in [0.1, 0.15) is 5.56 Å². The Labute approximate surface area is 162 Å². The summed E-state index contributed by atoms with van der Waals surface area (Å²) in [7, 11) is 4.23. The molecular formula is C17H26FNO9. The molecular weight excluding hydrogens is 381 g/mol. The maximum absolute atomic E-state index is 14.8. The lowest BCUT2D eigenvalue weighted by molar-refractivity contribution is -0.139. The average molecular weight is 407 g/mol. The van der Waals surface area contributed by atoms with Crippen LogP contribution in [0.2, 0.25) is 0 Å². The maximum Gasteiger partial charge on any atom is 0.310 e. The highest BCUT2D eigenvalue weighted by Crippen LogP contribution is 2.38. The average Bonchev–Trinajstić information content (AvgIpc) is 2.69. The summed E-state index contributed by atoms with van der Waals surface area (Å²) in [5.74, 6) is -1.96. The van der Waals surface area contributed by atoms with Crippen molar-refractivity contribution >= 4 is 11.7 Å². The van der Waals surface area contributed by atoms with Crippen LogP contribution in [-0.2, 0) is 34.9 Å². The summed E-state index contributed by atoms with van der Waals surface area (Å²) in [5.41, 5.74) is 1.49. The Morgan fingerprint density at radius 1 is 1.04 bits per heavy atom. The first-order chi connectivity index (χ1) is 13.6. The first-order valence-corrected chi connectivity index (χ1v) is 8.30. The second-order valence-electron chi connectivity index (χ2n) is 5.24. The third-order valence-corrected chi connectivity index (χ3v) is 3.39. The summed E-state index contributed by atoms with van der Waals surface area (Å²) in [4.78, 5) is 11.6. The summed E-state index contributed by atoms with van der Waals surface area (Å²) in [6.07, 6.45) is -0.304. The highest BCUT2D eigenvalue weighted by atomic mass is 19.1. The van der Waals surface area contributed by atoms with Gasteiger partial charge in [0, 0.05) is 14.2 Å². The molecule has 0 radical (unpaired) electrons. The molecule has 0 aliphatic rings. The van der Waals surface area contributed by atoms with Crippen LogP contribution in [-0.4, -0.2) is 72.5 Å². The maximum atomic E-state index is 14.8. The van der Waals surface area contributed by atoms with E-state index in [9.17, 15) is 14.4 Å². The quantitative estimate of drug-likeness (QED) is 0.191. The van der Waals surface area contributed by atoms with Crippen molar-refractivity contribution in [1.82, 2.24) is 0 Å². The molecule has 0 fully saturated rings. The van der Waals surface area contributed by atoms with E-state index in [2.05, 4.69) is 4.74 Å². The molecule has 1 aromatic rings.